The standard InChI is InChI=1S/C14H13ClFNO3S/c1-9-3-2-4-11(15)14(9)17-21(19,20)13-7-10(8-18)5-6-12(13)16/h2-7,17-18H,8H2,1H3. The van der Waals surface area contributed by atoms with Gasteiger partial charge in [0.15, 0.2) is 0 Å². The quantitative estimate of drug-likeness (QED) is 0.906. The number of halogens is 2. The molecule has 0 saturated carbocycles. The third kappa shape index (κ3) is 3.34. The van der Waals surface area contributed by atoms with Gasteiger partial charge in [0.25, 0.3) is 10.0 Å². The van der Waals surface area contributed by atoms with Gasteiger partial charge in [-0.2, -0.15) is 0 Å². The van der Waals surface area contributed by atoms with Crippen LogP contribution in [0.5, 0.6) is 0 Å². The van der Waals surface area contributed by atoms with E-state index in [0.29, 0.717) is 11.1 Å². The molecule has 112 valence electrons. The minimum Gasteiger partial charge on any atom is -0.392 e. The molecule has 2 rings (SSSR count). The topological polar surface area (TPSA) is 66.4 Å². The van der Waals surface area contributed by atoms with Crippen LogP contribution >= 0.6 is 11.6 Å². The van der Waals surface area contributed by atoms with Gasteiger partial charge < -0.3 is 5.11 Å². The summed E-state index contributed by atoms with van der Waals surface area (Å²) in [5, 5.41) is 9.26. The number of rotatable bonds is 4. The van der Waals surface area contributed by atoms with Crippen LogP contribution in [-0.2, 0) is 16.6 Å². The lowest BCUT2D eigenvalue weighted by molar-refractivity contribution is 0.281. The van der Waals surface area contributed by atoms with E-state index in [1.807, 2.05) is 0 Å². The third-order valence-electron chi connectivity index (χ3n) is 2.93. The van der Waals surface area contributed by atoms with E-state index in [9.17, 15) is 12.8 Å². The van der Waals surface area contributed by atoms with Gasteiger partial charge in [-0.05, 0) is 36.2 Å². The van der Waals surface area contributed by atoms with Crippen LogP contribution in [0.2, 0.25) is 5.02 Å². The summed E-state index contributed by atoms with van der Waals surface area (Å²) < 4.78 is 40.7. The Morgan fingerprint density at radius 3 is 2.62 bits per heavy atom. The first-order valence-electron chi connectivity index (χ1n) is 6.02. The molecule has 0 spiro atoms. The maximum Gasteiger partial charge on any atom is 0.264 e. The second-order valence-corrected chi connectivity index (χ2v) is 6.52. The molecule has 0 heterocycles. The molecule has 0 saturated heterocycles. The summed E-state index contributed by atoms with van der Waals surface area (Å²) in [5.41, 5.74) is 1.12. The number of sulfonamides is 1. The Balaban J connectivity index is 2.48. The van der Waals surface area contributed by atoms with Crippen molar-refractivity contribution in [3.05, 3.63) is 58.4 Å². The largest absolute Gasteiger partial charge is 0.392 e. The van der Waals surface area contributed by atoms with E-state index in [1.165, 1.54) is 12.1 Å². The highest BCUT2D eigenvalue weighted by Crippen LogP contribution is 2.28. The van der Waals surface area contributed by atoms with Gasteiger partial charge in [-0.3, -0.25) is 4.72 Å². The van der Waals surface area contributed by atoms with Gasteiger partial charge in [-0.1, -0.05) is 29.8 Å². The fraction of sp³-hybridized carbons (Fsp3) is 0.143. The van der Waals surface area contributed by atoms with Crippen LogP contribution in [0.3, 0.4) is 0 Å². The first kappa shape index (κ1) is 15.8. The van der Waals surface area contributed by atoms with Crippen molar-refractivity contribution in [2.75, 3.05) is 4.72 Å². The van der Waals surface area contributed by atoms with E-state index in [1.54, 1.807) is 19.1 Å². The van der Waals surface area contributed by atoms with Crippen molar-refractivity contribution in [3.8, 4) is 0 Å². The number of benzene rings is 2. The second-order valence-electron chi connectivity index (χ2n) is 4.46. The molecule has 0 unspecified atom stereocenters. The molecule has 0 aliphatic carbocycles. The molecule has 2 N–H and O–H groups in total. The SMILES string of the molecule is Cc1cccc(Cl)c1NS(=O)(=O)c1cc(CO)ccc1F. The van der Waals surface area contributed by atoms with Gasteiger partial charge in [0, 0.05) is 0 Å². The van der Waals surface area contributed by atoms with E-state index in [0.717, 1.165) is 12.1 Å². The number of anilines is 1. The predicted molar refractivity (Wildman–Crippen MR) is 79.3 cm³/mol. The van der Waals surface area contributed by atoms with E-state index < -0.39 is 20.7 Å². The highest BCUT2D eigenvalue weighted by molar-refractivity contribution is 7.92. The zero-order valence-electron chi connectivity index (χ0n) is 11.1. The smallest absolute Gasteiger partial charge is 0.264 e. The van der Waals surface area contributed by atoms with Crippen LogP contribution in [0.15, 0.2) is 41.3 Å². The molecule has 0 aliphatic heterocycles. The van der Waals surface area contributed by atoms with Crippen LogP contribution in [0.25, 0.3) is 0 Å². The van der Waals surface area contributed by atoms with Crippen molar-refractivity contribution in [1.29, 1.82) is 0 Å². The Kier molecular flexibility index (Phi) is 4.51. The maximum atomic E-state index is 13.8. The molecular formula is C14H13ClFNO3S. The number of aryl methyl sites for hydroxylation is 1. The van der Waals surface area contributed by atoms with E-state index >= 15 is 0 Å². The molecule has 2 aromatic carbocycles. The van der Waals surface area contributed by atoms with Crippen LogP contribution in [0.4, 0.5) is 10.1 Å². The van der Waals surface area contributed by atoms with Gasteiger partial charge in [-0.15, -0.1) is 0 Å². The Morgan fingerprint density at radius 2 is 2.00 bits per heavy atom. The summed E-state index contributed by atoms with van der Waals surface area (Å²) in [7, 11) is -4.14. The normalized spacial score (nSPS) is 11.4. The molecule has 0 radical (unpaired) electrons. The maximum absolute atomic E-state index is 13.8. The number of aliphatic hydroxyl groups excluding tert-OH is 1. The van der Waals surface area contributed by atoms with Gasteiger partial charge in [0.1, 0.15) is 10.7 Å². The molecule has 0 atom stereocenters. The highest BCUT2D eigenvalue weighted by atomic mass is 35.5. The molecule has 0 bridgehead atoms. The summed E-state index contributed by atoms with van der Waals surface area (Å²) in [5.74, 6) is -0.899. The summed E-state index contributed by atoms with van der Waals surface area (Å²) in [4.78, 5) is -0.534. The molecule has 2 aromatic rings. The van der Waals surface area contributed by atoms with E-state index in [2.05, 4.69) is 4.72 Å². The van der Waals surface area contributed by atoms with Crippen molar-refractivity contribution in [1.82, 2.24) is 0 Å². The number of hydrogen-bond donors (Lipinski definition) is 2. The average Bonchev–Trinajstić information content (AvgIpc) is 2.43. The van der Waals surface area contributed by atoms with E-state index in [-0.39, 0.29) is 17.3 Å². The van der Waals surface area contributed by atoms with Crippen LogP contribution in [0.1, 0.15) is 11.1 Å². The molecule has 7 heteroatoms. The minimum atomic E-state index is -4.14. The molecule has 4 nitrogen and oxygen atoms in total. The number of nitrogens with one attached hydrogen (secondary N) is 1. The van der Waals surface area contributed by atoms with Gasteiger partial charge in [0.2, 0.25) is 0 Å². The van der Waals surface area contributed by atoms with Crippen molar-refractivity contribution in [2.24, 2.45) is 0 Å². The Labute approximate surface area is 127 Å². The fourth-order valence-corrected chi connectivity index (χ4v) is 3.41. The zero-order valence-corrected chi connectivity index (χ0v) is 12.7. The zero-order chi connectivity index (χ0) is 15.6. The van der Waals surface area contributed by atoms with Crippen LogP contribution in [-0.4, -0.2) is 13.5 Å². The van der Waals surface area contributed by atoms with Crippen molar-refractivity contribution >= 4 is 27.3 Å². The predicted octanol–water partition coefficient (Wildman–Crippen LogP) is 3.08. The number of hydrogen-bond acceptors (Lipinski definition) is 3. The Hall–Kier alpha value is -1.63. The lowest BCUT2D eigenvalue weighted by Crippen LogP contribution is -2.16. The number of para-hydroxylation sites is 1. The van der Waals surface area contributed by atoms with Crippen LogP contribution < -0.4 is 4.72 Å². The highest BCUT2D eigenvalue weighted by Gasteiger charge is 2.21. The van der Waals surface area contributed by atoms with Gasteiger partial charge in [0.05, 0.1) is 17.3 Å². The Morgan fingerprint density at radius 1 is 1.29 bits per heavy atom. The average molecular weight is 330 g/mol. The monoisotopic (exact) mass is 329 g/mol. The lowest BCUT2D eigenvalue weighted by Gasteiger charge is -2.13. The van der Waals surface area contributed by atoms with Crippen molar-refractivity contribution in [3.63, 3.8) is 0 Å². The second kappa shape index (κ2) is 6.01. The fourth-order valence-electron chi connectivity index (χ4n) is 1.80. The minimum absolute atomic E-state index is 0.202. The summed E-state index contributed by atoms with van der Waals surface area (Å²) in [6.07, 6.45) is 0. The summed E-state index contributed by atoms with van der Waals surface area (Å²) in [6.45, 7) is 1.30. The first-order valence-corrected chi connectivity index (χ1v) is 7.88. The Bertz CT molecular complexity index is 758. The molecular weight excluding hydrogens is 317 g/mol. The van der Waals surface area contributed by atoms with Gasteiger partial charge >= 0.3 is 0 Å². The van der Waals surface area contributed by atoms with E-state index in [4.69, 9.17) is 16.7 Å². The first-order chi connectivity index (χ1) is 9.85. The molecule has 21 heavy (non-hydrogen) atoms. The summed E-state index contributed by atoms with van der Waals surface area (Å²) in [6, 6.07) is 8.30. The van der Waals surface area contributed by atoms with Crippen LogP contribution in [0, 0.1) is 12.7 Å². The number of aliphatic hydroxyl groups is 1. The third-order valence-corrected chi connectivity index (χ3v) is 4.61. The lowest BCUT2D eigenvalue weighted by atomic mass is 10.2. The van der Waals surface area contributed by atoms with Gasteiger partial charge in [-0.25, -0.2) is 12.8 Å². The molecule has 0 amide bonds. The van der Waals surface area contributed by atoms with Crippen molar-refractivity contribution in [2.45, 2.75) is 18.4 Å². The molecule has 0 fully saturated rings. The van der Waals surface area contributed by atoms with Crippen molar-refractivity contribution < 1.29 is 17.9 Å². The molecule has 0 aliphatic rings. The molecule has 0 aromatic heterocycles. The summed E-state index contributed by atoms with van der Waals surface area (Å²) >= 11 is 5.96.